The number of nitrogens with one attached hydrogen (secondary N) is 2. The van der Waals surface area contributed by atoms with Crippen LogP contribution < -0.4 is 10.6 Å². The van der Waals surface area contributed by atoms with E-state index < -0.39 is 9.84 Å². The molecule has 0 aliphatic carbocycles. The highest BCUT2D eigenvalue weighted by Crippen LogP contribution is 2.10. The predicted molar refractivity (Wildman–Crippen MR) is 62.9 cm³/mol. The Kier molecular flexibility index (Phi) is 4.73. The van der Waals surface area contributed by atoms with E-state index in [0.29, 0.717) is 6.54 Å². The number of rotatable bonds is 4. The molecule has 6 heteroatoms. The van der Waals surface area contributed by atoms with Gasteiger partial charge < -0.3 is 10.6 Å². The molecular formula is C10H20N2O3S. The van der Waals surface area contributed by atoms with Crippen LogP contribution in [0.2, 0.25) is 0 Å². The molecule has 2 N–H and O–H groups in total. The van der Waals surface area contributed by atoms with E-state index in [1.54, 1.807) is 6.92 Å². The van der Waals surface area contributed by atoms with Crippen LogP contribution in [0.3, 0.4) is 0 Å². The summed E-state index contributed by atoms with van der Waals surface area (Å²) >= 11 is 0. The van der Waals surface area contributed by atoms with Crippen LogP contribution in [0.4, 0.5) is 0 Å². The zero-order valence-corrected chi connectivity index (χ0v) is 10.6. The Bertz CT molecular complexity index is 334. The fraction of sp³-hybridized carbons (Fsp3) is 0.900. The number of hydrogen-bond acceptors (Lipinski definition) is 4. The normalized spacial score (nSPS) is 23.8. The zero-order chi connectivity index (χ0) is 12.2. The summed E-state index contributed by atoms with van der Waals surface area (Å²) in [6.07, 6.45) is 3.06. The van der Waals surface area contributed by atoms with Crippen molar-refractivity contribution >= 4 is 15.7 Å². The second kappa shape index (κ2) is 5.63. The van der Waals surface area contributed by atoms with Crippen molar-refractivity contribution in [3.8, 4) is 0 Å². The number of hydrogen-bond donors (Lipinski definition) is 2. The summed E-state index contributed by atoms with van der Waals surface area (Å²) < 4.78 is 22.1. The van der Waals surface area contributed by atoms with Crippen LogP contribution in [-0.4, -0.2) is 45.5 Å². The van der Waals surface area contributed by atoms with E-state index in [-0.39, 0.29) is 23.6 Å². The Morgan fingerprint density at radius 1 is 1.56 bits per heavy atom. The van der Waals surface area contributed by atoms with Gasteiger partial charge in [-0.3, -0.25) is 4.79 Å². The maximum Gasteiger partial charge on any atom is 0.224 e. The molecule has 0 aromatic carbocycles. The van der Waals surface area contributed by atoms with Gasteiger partial charge in [0.1, 0.15) is 9.84 Å². The highest BCUT2D eigenvalue weighted by molar-refractivity contribution is 7.90. The van der Waals surface area contributed by atoms with Gasteiger partial charge in [0.05, 0.1) is 11.7 Å². The molecule has 0 spiro atoms. The van der Waals surface area contributed by atoms with E-state index in [0.717, 1.165) is 19.4 Å². The molecule has 1 rings (SSSR count). The quantitative estimate of drug-likeness (QED) is 0.705. The minimum Gasteiger partial charge on any atom is -0.352 e. The molecule has 94 valence electrons. The van der Waals surface area contributed by atoms with Crippen molar-refractivity contribution in [2.45, 2.75) is 25.8 Å². The first-order valence-corrected chi connectivity index (χ1v) is 7.63. The van der Waals surface area contributed by atoms with Crippen molar-refractivity contribution in [3.05, 3.63) is 0 Å². The second-order valence-corrected chi connectivity index (χ2v) is 6.73. The minimum atomic E-state index is -3.03. The standard InChI is InChI=1S/C10H20N2O3S/c1-8(7-16(2,14)15)12-10(13)9-4-3-5-11-6-9/h8-9,11H,3-7H2,1-2H3,(H,12,13)/t8?,9-/m1/s1. The van der Waals surface area contributed by atoms with Crippen molar-refractivity contribution in [2.24, 2.45) is 5.92 Å². The van der Waals surface area contributed by atoms with Crippen molar-refractivity contribution in [1.29, 1.82) is 0 Å². The summed E-state index contributed by atoms with van der Waals surface area (Å²) in [5, 5.41) is 5.91. The average molecular weight is 248 g/mol. The van der Waals surface area contributed by atoms with Gasteiger partial charge in [0.2, 0.25) is 5.91 Å². The number of amides is 1. The van der Waals surface area contributed by atoms with E-state index in [2.05, 4.69) is 10.6 Å². The summed E-state index contributed by atoms with van der Waals surface area (Å²) in [6, 6.07) is -0.315. The lowest BCUT2D eigenvalue weighted by Gasteiger charge is -2.23. The van der Waals surface area contributed by atoms with Crippen LogP contribution in [0.15, 0.2) is 0 Å². The van der Waals surface area contributed by atoms with Gasteiger partial charge in [-0.25, -0.2) is 8.42 Å². The number of carbonyl (C=O) groups excluding carboxylic acids is 1. The van der Waals surface area contributed by atoms with Crippen molar-refractivity contribution in [1.82, 2.24) is 10.6 Å². The van der Waals surface area contributed by atoms with Gasteiger partial charge in [-0.2, -0.15) is 0 Å². The third kappa shape index (κ3) is 4.94. The lowest BCUT2D eigenvalue weighted by Crippen LogP contribution is -2.45. The zero-order valence-electron chi connectivity index (χ0n) is 9.82. The Morgan fingerprint density at radius 2 is 2.25 bits per heavy atom. The molecule has 1 heterocycles. The summed E-state index contributed by atoms with van der Waals surface area (Å²) in [5.74, 6) is -0.0575. The molecule has 0 radical (unpaired) electrons. The van der Waals surface area contributed by atoms with Gasteiger partial charge >= 0.3 is 0 Å². The van der Waals surface area contributed by atoms with E-state index in [4.69, 9.17) is 0 Å². The molecule has 0 aromatic heterocycles. The van der Waals surface area contributed by atoms with Crippen LogP contribution in [0.5, 0.6) is 0 Å². The fourth-order valence-corrected chi connectivity index (χ4v) is 2.92. The summed E-state index contributed by atoms with van der Waals surface area (Å²) in [4.78, 5) is 11.7. The molecule has 2 atom stereocenters. The van der Waals surface area contributed by atoms with Gasteiger partial charge in [0.25, 0.3) is 0 Å². The monoisotopic (exact) mass is 248 g/mol. The van der Waals surface area contributed by atoms with Gasteiger partial charge in [-0.1, -0.05) is 0 Å². The van der Waals surface area contributed by atoms with E-state index in [9.17, 15) is 13.2 Å². The van der Waals surface area contributed by atoms with E-state index in [1.807, 2.05) is 0 Å². The lowest BCUT2D eigenvalue weighted by molar-refractivity contribution is -0.125. The predicted octanol–water partition coefficient (Wildman–Crippen LogP) is -0.465. The number of carbonyl (C=O) groups is 1. The first-order valence-electron chi connectivity index (χ1n) is 5.57. The van der Waals surface area contributed by atoms with Crippen LogP contribution in [0.25, 0.3) is 0 Å². The fourth-order valence-electron chi connectivity index (χ4n) is 1.93. The van der Waals surface area contributed by atoms with Gasteiger partial charge in [0, 0.05) is 18.8 Å². The third-order valence-electron chi connectivity index (χ3n) is 2.61. The van der Waals surface area contributed by atoms with Crippen molar-refractivity contribution < 1.29 is 13.2 Å². The smallest absolute Gasteiger partial charge is 0.224 e. The molecular weight excluding hydrogens is 228 g/mol. The van der Waals surface area contributed by atoms with E-state index in [1.165, 1.54) is 6.26 Å². The SMILES string of the molecule is CC(CS(C)(=O)=O)NC(=O)[C@@H]1CCCNC1. The summed E-state index contributed by atoms with van der Waals surface area (Å²) in [6.45, 7) is 3.37. The van der Waals surface area contributed by atoms with Gasteiger partial charge in [-0.05, 0) is 26.3 Å². The molecule has 1 fully saturated rings. The average Bonchev–Trinajstić information content (AvgIpc) is 2.16. The Labute approximate surface area is 96.9 Å². The highest BCUT2D eigenvalue weighted by atomic mass is 32.2. The maximum absolute atomic E-state index is 11.7. The molecule has 0 saturated carbocycles. The van der Waals surface area contributed by atoms with Crippen molar-refractivity contribution in [3.63, 3.8) is 0 Å². The molecule has 1 aliphatic heterocycles. The highest BCUT2D eigenvalue weighted by Gasteiger charge is 2.22. The molecule has 16 heavy (non-hydrogen) atoms. The number of piperidine rings is 1. The number of sulfone groups is 1. The van der Waals surface area contributed by atoms with Gasteiger partial charge in [0.15, 0.2) is 0 Å². The Balaban J connectivity index is 2.38. The Hall–Kier alpha value is -0.620. The summed E-state index contributed by atoms with van der Waals surface area (Å²) in [7, 11) is -3.03. The van der Waals surface area contributed by atoms with Crippen LogP contribution in [0.1, 0.15) is 19.8 Å². The topological polar surface area (TPSA) is 75.3 Å². The van der Waals surface area contributed by atoms with Crippen LogP contribution in [-0.2, 0) is 14.6 Å². The molecule has 0 aromatic rings. The molecule has 5 nitrogen and oxygen atoms in total. The molecule has 1 unspecified atom stereocenters. The van der Waals surface area contributed by atoms with Crippen LogP contribution >= 0.6 is 0 Å². The minimum absolute atomic E-state index is 0.00110. The Morgan fingerprint density at radius 3 is 2.75 bits per heavy atom. The van der Waals surface area contributed by atoms with Crippen molar-refractivity contribution in [2.75, 3.05) is 25.1 Å². The first kappa shape index (κ1) is 13.4. The summed E-state index contributed by atoms with van der Waals surface area (Å²) in [5.41, 5.74) is 0. The van der Waals surface area contributed by atoms with E-state index >= 15 is 0 Å². The largest absolute Gasteiger partial charge is 0.352 e. The van der Waals surface area contributed by atoms with Gasteiger partial charge in [-0.15, -0.1) is 0 Å². The molecule has 1 aliphatic rings. The maximum atomic E-state index is 11.7. The second-order valence-electron chi connectivity index (χ2n) is 4.55. The lowest BCUT2D eigenvalue weighted by atomic mass is 9.98. The molecule has 1 saturated heterocycles. The molecule has 1 amide bonds. The first-order chi connectivity index (χ1) is 7.38. The van der Waals surface area contributed by atoms with Crippen LogP contribution in [0, 0.1) is 5.92 Å². The molecule has 0 bridgehead atoms. The third-order valence-corrected chi connectivity index (χ3v) is 3.71.